The van der Waals surface area contributed by atoms with Crippen LogP contribution in [0.25, 0.3) is 10.9 Å². The van der Waals surface area contributed by atoms with Gasteiger partial charge in [0.25, 0.3) is 5.56 Å². The van der Waals surface area contributed by atoms with Gasteiger partial charge in [0.15, 0.2) is 5.16 Å². The van der Waals surface area contributed by atoms with Gasteiger partial charge in [-0.2, -0.15) is 0 Å². The molecule has 1 unspecified atom stereocenters. The number of nitrogens with zero attached hydrogens (tertiary/aromatic N) is 2. The summed E-state index contributed by atoms with van der Waals surface area (Å²) in [5, 5.41) is 4.22. The lowest BCUT2D eigenvalue weighted by Crippen LogP contribution is -2.27. The molecule has 0 saturated carbocycles. The molecule has 0 bridgehead atoms. The van der Waals surface area contributed by atoms with Crippen LogP contribution >= 0.6 is 23.4 Å². The number of carbonyl (C=O) groups is 1. The molecule has 0 aliphatic rings. The predicted octanol–water partition coefficient (Wildman–Crippen LogP) is 4.89. The molecule has 1 heterocycles. The average Bonchev–Trinajstić information content (AvgIpc) is 2.68. The van der Waals surface area contributed by atoms with Gasteiger partial charge in [0.05, 0.1) is 16.2 Å². The highest BCUT2D eigenvalue weighted by molar-refractivity contribution is 8.00. The van der Waals surface area contributed by atoms with Crippen molar-refractivity contribution in [2.24, 2.45) is 0 Å². The maximum atomic E-state index is 12.9. The van der Waals surface area contributed by atoms with E-state index in [0.717, 1.165) is 12.0 Å². The van der Waals surface area contributed by atoms with Gasteiger partial charge in [-0.15, -0.1) is 0 Å². The number of para-hydroxylation sites is 1. The van der Waals surface area contributed by atoms with Gasteiger partial charge < -0.3 is 5.32 Å². The summed E-state index contributed by atoms with van der Waals surface area (Å²) in [5.41, 5.74) is 2.07. The number of carbonyl (C=O) groups excluding carboxylic acids is 1. The van der Waals surface area contributed by atoms with Gasteiger partial charge in [0, 0.05) is 17.3 Å². The zero-order valence-electron chi connectivity index (χ0n) is 16.0. The van der Waals surface area contributed by atoms with Gasteiger partial charge in [-0.05, 0) is 50.1 Å². The molecule has 7 heteroatoms. The highest BCUT2D eigenvalue weighted by Crippen LogP contribution is 2.26. The fraction of sp³-hybridized carbons (Fsp3) is 0.286. The normalized spacial score (nSPS) is 12.1. The van der Waals surface area contributed by atoms with E-state index < -0.39 is 5.25 Å². The number of amides is 1. The number of aromatic nitrogens is 2. The molecule has 28 heavy (non-hydrogen) atoms. The summed E-state index contributed by atoms with van der Waals surface area (Å²) in [6, 6.07) is 12.7. The van der Waals surface area contributed by atoms with Gasteiger partial charge in [0.1, 0.15) is 0 Å². The summed E-state index contributed by atoms with van der Waals surface area (Å²) in [4.78, 5) is 30.2. The highest BCUT2D eigenvalue weighted by Gasteiger charge is 2.20. The lowest BCUT2D eigenvalue weighted by molar-refractivity contribution is -0.115. The van der Waals surface area contributed by atoms with Crippen molar-refractivity contribution in [1.82, 2.24) is 9.55 Å². The molecule has 146 valence electrons. The third-order valence-electron chi connectivity index (χ3n) is 4.45. The van der Waals surface area contributed by atoms with Crippen molar-refractivity contribution in [3.63, 3.8) is 0 Å². The topological polar surface area (TPSA) is 64.0 Å². The SMILES string of the molecule is CCCn1c(SC(C)C(=O)Nc2cccc(Cl)c2C)nc2ccccc2c1=O. The molecule has 1 N–H and O–H groups in total. The molecule has 0 saturated heterocycles. The van der Waals surface area contributed by atoms with E-state index in [2.05, 4.69) is 10.3 Å². The van der Waals surface area contributed by atoms with E-state index in [-0.39, 0.29) is 11.5 Å². The van der Waals surface area contributed by atoms with E-state index >= 15 is 0 Å². The second-order valence-electron chi connectivity index (χ2n) is 6.53. The van der Waals surface area contributed by atoms with Crippen molar-refractivity contribution in [2.45, 2.75) is 44.1 Å². The van der Waals surface area contributed by atoms with Crippen molar-refractivity contribution < 1.29 is 4.79 Å². The molecule has 0 radical (unpaired) electrons. The van der Waals surface area contributed by atoms with E-state index in [1.54, 1.807) is 29.7 Å². The summed E-state index contributed by atoms with van der Waals surface area (Å²) in [6.45, 7) is 6.23. The van der Waals surface area contributed by atoms with E-state index in [4.69, 9.17) is 11.6 Å². The van der Waals surface area contributed by atoms with Crippen molar-refractivity contribution in [3.05, 3.63) is 63.4 Å². The minimum Gasteiger partial charge on any atom is -0.325 e. The van der Waals surface area contributed by atoms with Crippen LogP contribution in [0.4, 0.5) is 5.69 Å². The molecule has 0 aliphatic carbocycles. The van der Waals surface area contributed by atoms with Crippen LogP contribution in [0.2, 0.25) is 5.02 Å². The molecule has 1 aromatic heterocycles. The largest absolute Gasteiger partial charge is 0.325 e. The van der Waals surface area contributed by atoms with Crippen LogP contribution in [0.5, 0.6) is 0 Å². The number of nitrogens with one attached hydrogen (secondary N) is 1. The number of fused-ring (bicyclic) bond motifs is 1. The number of hydrogen-bond donors (Lipinski definition) is 1. The van der Waals surface area contributed by atoms with E-state index in [1.165, 1.54) is 11.8 Å². The summed E-state index contributed by atoms with van der Waals surface area (Å²) in [5.74, 6) is -0.166. The lowest BCUT2D eigenvalue weighted by atomic mass is 10.2. The molecule has 5 nitrogen and oxygen atoms in total. The Morgan fingerprint density at radius 3 is 2.75 bits per heavy atom. The Bertz CT molecular complexity index is 1080. The lowest BCUT2D eigenvalue weighted by Gasteiger charge is -2.17. The fourth-order valence-corrected chi connectivity index (χ4v) is 3.96. The molecular formula is C21H22ClN3O2S. The maximum Gasteiger partial charge on any atom is 0.262 e. The van der Waals surface area contributed by atoms with E-state index in [0.29, 0.717) is 33.3 Å². The Hall–Kier alpha value is -2.31. The van der Waals surface area contributed by atoms with Crippen molar-refractivity contribution in [3.8, 4) is 0 Å². The Morgan fingerprint density at radius 1 is 1.25 bits per heavy atom. The van der Waals surface area contributed by atoms with Gasteiger partial charge in [-0.3, -0.25) is 14.2 Å². The summed E-state index contributed by atoms with van der Waals surface area (Å²) in [7, 11) is 0. The van der Waals surface area contributed by atoms with E-state index in [1.807, 2.05) is 38.1 Å². The number of rotatable bonds is 6. The summed E-state index contributed by atoms with van der Waals surface area (Å²) >= 11 is 7.41. The second-order valence-corrected chi connectivity index (χ2v) is 8.25. The number of hydrogen-bond acceptors (Lipinski definition) is 4. The Balaban J connectivity index is 1.88. The second kappa shape index (κ2) is 8.80. The zero-order valence-corrected chi connectivity index (χ0v) is 17.6. The molecule has 1 amide bonds. The molecule has 2 aromatic carbocycles. The first-order valence-electron chi connectivity index (χ1n) is 9.14. The van der Waals surface area contributed by atoms with Gasteiger partial charge in [-0.1, -0.05) is 48.5 Å². The molecule has 3 rings (SSSR count). The fourth-order valence-electron chi connectivity index (χ4n) is 2.85. The smallest absolute Gasteiger partial charge is 0.262 e. The quantitative estimate of drug-likeness (QED) is 0.460. The van der Waals surface area contributed by atoms with Crippen LogP contribution in [0.15, 0.2) is 52.4 Å². The van der Waals surface area contributed by atoms with Gasteiger partial charge in [0.2, 0.25) is 5.91 Å². The number of anilines is 1. The summed E-state index contributed by atoms with van der Waals surface area (Å²) in [6.07, 6.45) is 0.801. The monoisotopic (exact) mass is 415 g/mol. The Labute approximate surface area is 173 Å². The molecule has 0 fully saturated rings. The number of benzene rings is 2. The van der Waals surface area contributed by atoms with Gasteiger partial charge in [-0.25, -0.2) is 4.98 Å². The molecule has 1 atom stereocenters. The van der Waals surface area contributed by atoms with Crippen molar-refractivity contribution in [2.75, 3.05) is 5.32 Å². The van der Waals surface area contributed by atoms with Crippen molar-refractivity contribution in [1.29, 1.82) is 0 Å². The zero-order chi connectivity index (χ0) is 20.3. The van der Waals surface area contributed by atoms with Crippen LogP contribution in [0.3, 0.4) is 0 Å². The van der Waals surface area contributed by atoms with Crippen molar-refractivity contribution >= 4 is 45.9 Å². The minimum atomic E-state index is -0.436. The van der Waals surface area contributed by atoms with E-state index in [9.17, 15) is 9.59 Å². The first-order valence-corrected chi connectivity index (χ1v) is 10.4. The van der Waals surface area contributed by atoms with Crippen LogP contribution in [0.1, 0.15) is 25.8 Å². The third-order valence-corrected chi connectivity index (χ3v) is 5.95. The van der Waals surface area contributed by atoms with Crippen LogP contribution in [-0.4, -0.2) is 20.7 Å². The Kier molecular flexibility index (Phi) is 6.42. The summed E-state index contributed by atoms with van der Waals surface area (Å²) < 4.78 is 1.65. The standard InChI is InChI=1S/C21H22ClN3O2S/c1-4-12-25-20(27)15-8-5-6-10-18(15)24-21(25)28-14(3)19(26)23-17-11-7-9-16(22)13(17)2/h5-11,14H,4,12H2,1-3H3,(H,23,26). The van der Waals surface area contributed by atoms with Crippen LogP contribution < -0.4 is 10.9 Å². The first kappa shape index (κ1) is 20.4. The average molecular weight is 416 g/mol. The molecule has 3 aromatic rings. The Morgan fingerprint density at radius 2 is 2.00 bits per heavy atom. The minimum absolute atomic E-state index is 0.0757. The molecule has 0 spiro atoms. The molecular weight excluding hydrogens is 394 g/mol. The third kappa shape index (κ3) is 4.23. The van der Waals surface area contributed by atoms with Gasteiger partial charge >= 0.3 is 0 Å². The number of halogens is 1. The predicted molar refractivity (Wildman–Crippen MR) is 116 cm³/mol. The maximum absolute atomic E-state index is 12.9. The number of thioether (sulfide) groups is 1. The molecule has 0 aliphatic heterocycles. The first-order chi connectivity index (χ1) is 13.4. The highest BCUT2D eigenvalue weighted by atomic mass is 35.5. The van der Waals surface area contributed by atoms with Crippen LogP contribution in [0, 0.1) is 6.92 Å². The van der Waals surface area contributed by atoms with Crippen LogP contribution in [-0.2, 0) is 11.3 Å².